The summed E-state index contributed by atoms with van der Waals surface area (Å²) in [6, 6.07) is 10.4. The Morgan fingerprint density at radius 3 is 2.93 bits per heavy atom. The molecule has 148 valence electrons. The Morgan fingerprint density at radius 1 is 1.33 bits per heavy atom. The lowest BCUT2D eigenvalue weighted by Crippen LogP contribution is -2.43. The van der Waals surface area contributed by atoms with Crippen molar-refractivity contribution in [3.63, 3.8) is 0 Å². The highest BCUT2D eigenvalue weighted by molar-refractivity contribution is 14.0. The molecule has 0 fully saturated rings. The van der Waals surface area contributed by atoms with E-state index >= 15 is 0 Å². The summed E-state index contributed by atoms with van der Waals surface area (Å²) in [5.41, 5.74) is 2.65. The molecular weight excluding hydrogens is 471 g/mol. The van der Waals surface area contributed by atoms with Gasteiger partial charge in [-0.05, 0) is 29.5 Å². The first-order chi connectivity index (χ1) is 12.7. The SMILES string of the molecule is CN=C(NCCN1CCc2sccc2C1)N(C)Cc1ccccc1OC.I. The van der Waals surface area contributed by atoms with Gasteiger partial charge in [0.05, 0.1) is 7.11 Å². The van der Waals surface area contributed by atoms with E-state index in [0.29, 0.717) is 0 Å². The molecule has 2 aromatic rings. The molecular formula is C20H29IN4OS. The molecule has 2 heterocycles. The molecule has 1 aromatic carbocycles. The molecule has 0 bridgehead atoms. The second-order valence-corrected chi connectivity index (χ2v) is 7.54. The van der Waals surface area contributed by atoms with Gasteiger partial charge in [-0.2, -0.15) is 0 Å². The fraction of sp³-hybridized carbons (Fsp3) is 0.450. The standard InChI is InChI=1S/C20H28N4OS.HI/c1-21-20(23(2)14-16-6-4-5-7-18(16)25-3)22-10-12-24-11-8-19-17(15-24)9-13-26-19;/h4-7,9,13H,8,10-12,14-15H2,1-3H3,(H,21,22);1H. The molecule has 1 N–H and O–H groups in total. The lowest BCUT2D eigenvalue weighted by Gasteiger charge is -2.28. The fourth-order valence-electron chi connectivity index (χ4n) is 3.37. The van der Waals surface area contributed by atoms with Crippen LogP contribution in [0.3, 0.4) is 0 Å². The normalized spacial score (nSPS) is 14.3. The van der Waals surface area contributed by atoms with Crippen LogP contribution in [0.1, 0.15) is 16.0 Å². The molecule has 0 amide bonds. The van der Waals surface area contributed by atoms with E-state index in [2.05, 4.69) is 44.7 Å². The lowest BCUT2D eigenvalue weighted by molar-refractivity contribution is 0.259. The van der Waals surface area contributed by atoms with Crippen molar-refractivity contribution in [3.8, 4) is 5.75 Å². The first kappa shape index (κ1) is 22.0. The average molecular weight is 500 g/mol. The van der Waals surface area contributed by atoms with Gasteiger partial charge in [0.2, 0.25) is 0 Å². The minimum atomic E-state index is 0. The van der Waals surface area contributed by atoms with E-state index in [1.807, 2.05) is 36.6 Å². The predicted octanol–water partition coefficient (Wildman–Crippen LogP) is 3.44. The molecule has 0 radical (unpaired) electrons. The Kier molecular flexibility index (Phi) is 8.85. The molecule has 0 spiro atoms. The summed E-state index contributed by atoms with van der Waals surface area (Å²) in [6.45, 7) is 4.88. The van der Waals surface area contributed by atoms with Crippen molar-refractivity contribution in [3.05, 3.63) is 51.7 Å². The minimum Gasteiger partial charge on any atom is -0.496 e. The maximum Gasteiger partial charge on any atom is 0.193 e. The zero-order chi connectivity index (χ0) is 18.4. The van der Waals surface area contributed by atoms with Gasteiger partial charge in [0, 0.05) is 57.3 Å². The van der Waals surface area contributed by atoms with Crippen molar-refractivity contribution in [2.24, 2.45) is 4.99 Å². The van der Waals surface area contributed by atoms with Gasteiger partial charge in [-0.3, -0.25) is 9.89 Å². The van der Waals surface area contributed by atoms with Crippen LogP contribution in [0.2, 0.25) is 0 Å². The largest absolute Gasteiger partial charge is 0.496 e. The van der Waals surface area contributed by atoms with Crippen LogP contribution in [0.15, 0.2) is 40.7 Å². The van der Waals surface area contributed by atoms with Crippen molar-refractivity contribution in [2.45, 2.75) is 19.5 Å². The average Bonchev–Trinajstić information content (AvgIpc) is 3.13. The summed E-state index contributed by atoms with van der Waals surface area (Å²) in [5.74, 6) is 1.82. The van der Waals surface area contributed by atoms with Crippen LogP contribution in [0.25, 0.3) is 0 Å². The Morgan fingerprint density at radius 2 is 2.15 bits per heavy atom. The van der Waals surface area contributed by atoms with Gasteiger partial charge in [-0.25, -0.2) is 0 Å². The molecule has 0 saturated heterocycles. The van der Waals surface area contributed by atoms with Crippen molar-refractivity contribution in [1.82, 2.24) is 15.1 Å². The van der Waals surface area contributed by atoms with Crippen LogP contribution < -0.4 is 10.1 Å². The van der Waals surface area contributed by atoms with Gasteiger partial charge in [0.15, 0.2) is 5.96 Å². The molecule has 5 nitrogen and oxygen atoms in total. The number of ether oxygens (including phenoxy) is 1. The predicted molar refractivity (Wildman–Crippen MR) is 125 cm³/mol. The van der Waals surface area contributed by atoms with E-state index in [1.54, 1.807) is 12.0 Å². The third-order valence-electron chi connectivity index (χ3n) is 4.77. The van der Waals surface area contributed by atoms with Gasteiger partial charge in [0.1, 0.15) is 5.75 Å². The van der Waals surface area contributed by atoms with Gasteiger partial charge in [-0.15, -0.1) is 35.3 Å². The number of guanidine groups is 1. The summed E-state index contributed by atoms with van der Waals surface area (Å²) in [7, 11) is 5.60. The summed E-state index contributed by atoms with van der Waals surface area (Å²) in [5, 5.41) is 5.70. The summed E-state index contributed by atoms with van der Waals surface area (Å²) >= 11 is 1.89. The Labute approximate surface area is 183 Å². The maximum atomic E-state index is 5.45. The van der Waals surface area contributed by atoms with Crippen LogP contribution >= 0.6 is 35.3 Å². The summed E-state index contributed by atoms with van der Waals surface area (Å²) < 4.78 is 5.45. The van der Waals surface area contributed by atoms with Crippen LogP contribution in [0.5, 0.6) is 5.75 Å². The third-order valence-corrected chi connectivity index (χ3v) is 5.79. The fourth-order valence-corrected chi connectivity index (χ4v) is 4.26. The number of hydrogen-bond donors (Lipinski definition) is 1. The van der Waals surface area contributed by atoms with E-state index < -0.39 is 0 Å². The molecule has 0 aliphatic carbocycles. The zero-order valence-electron chi connectivity index (χ0n) is 16.3. The maximum absolute atomic E-state index is 5.45. The highest BCUT2D eigenvalue weighted by Gasteiger charge is 2.17. The van der Waals surface area contributed by atoms with Crippen molar-refractivity contribution in [2.75, 3.05) is 40.8 Å². The van der Waals surface area contributed by atoms with E-state index in [0.717, 1.165) is 50.0 Å². The molecule has 1 aromatic heterocycles. The van der Waals surface area contributed by atoms with Gasteiger partial charge < -0.3 is 15.0 Å². The Balaban J connectivity index is 0.00000261. The molecule has 3 rings (SSSR count). The number of halogens is 1. The monoisotopic (exact) mass is 500 g/mol. The highest BCUT2D eigenvalue weighted by Crippen LogP contribution is 2.23. The molecule has 7 heteroatoms. The topological polar surface area (TPSA) is 40.1 Å². The van der Waals surface area contributed by atoms with Gasteiger partial charge >= 0.3 is 0 Å². The van der Waals surface area contributed by atoms with E-state index in [1.165, 1.54) is 12.0 Å². The number of thiophene rings is 1. The molecule has 0 atom stereocenters. The number of aliphatic imine (C=N–C) groups is 1. The first-order valence-corrected chi connectivity index (χ1v) is 9.90. The number of methoxy groups -OCH3 is 1. The number of fused-ring (bicyclic) bond motifs is 1. The first-order valence-electron chi connectivity index (χ1n) is 9.02. The van der Waals surface area contributed by atoms with Crippen LogP contribution in [-0.2, 0) is 19.5 Å². The molecule has 1 aliphatic rings. The van der Waals surface area contributed by atoms with E-state index in [9.17, 15) is 0 Å². The van der Waals surface area contributed by atoms with Gasteiger partial charge in [0.25, 0.3) is 0 Å². The highest BCUT2D eigenvalue weighted by atomic mass is 127. The number of hydrogen-bond acceptors (Lipinski definition) is 4. The second kappa shape index (κ2) is 10.9. The smallest absolute Gasteiger partial charge is 0.193 e. The van der Waals surface area contributed by atoms with Crippen molar-refractivity contribution in [1.29, 1.82) is 0 Å². The summed E-state index contributed by atoms with van der Waals surface area (Å²) in [6.07, 6.45) is 1.18. The number of nitrogens with zero attached hydrogens (tertiary/aromatic N) is 3. The van der Waals surface area contributed by atoms with Crippen LogP contribution in [0, 0.1) is 0 Å². The van der Waals surface area contributed by atoms with Crippen LogP contribution in [0.4, 0.5) is 0 Å². The van der Waals surface area contributed by atoms with Crippen LogP contribution in [-0.4, -0.2) is 56.6 Å². The minimum absolute atomic E-state index is 0. The molecule has 0 unspecified atom stereocenters. The van der Waals surface area contributed by atoms with E-state index in [-0.39, 0.29) is 24.0 Å². The Hall–Kier alpha value is -1.32. The summed E-state index contributed by atoms with van der Waals surface area (Å²) in [4.78, 5) is 10.6. The van der Waals surface area contributed by atoms with Gasteiger partial charge in [-0.1, -0.05) is 18.2 Å². The second-order valence-electron chi connectivity index (χ2n) is 6.54. The number of benzene rings is 1. The quantitative estimate of drug-likeness (QED) is 0.375. The molecule has 1 aliphatic heterocycles. The van der Waals surface area contributed by atoms with E-state index in [4.69, 9.17) is 4.74 Å². The Bertz CT molecular complexity index is 749. The van der Waals surface area contributed by atoms with Crippen molar-refractivity contribution >= 4 is 41.3 Å². The number of rotatable bonds is 6. The zero-order valence-corrected chi connectivity index (χ0v) is 19.4. The third kappa shape index (κ3) is 5.83. The number of nitrogens with one attached hydrogen (secondary N) is 1. The lowest BCUT2D eigenvalue weighted by atomic mass is 10.1. The molecule has 0 saturated carbocycles. The number of para-hydroxylation sites is 1. The van der Waals surface area contributed by atoms with Crippen molar-refractivity contribution < 1.29 is 4.74 Å². The molecule has 27 heavy (non-hydrogen) atoms.